The van der Waals surface area contributed by atoms with E-state index in [1.54, 1.807) is 9.80 Å². The highest BCUT2D eigenvalue weighted by Crippen LogP contribution is 2.26. The van der Waals surface area contributed by atoms with Crippen LogP contribution in [0, 0.1) is 5.92 Å². The number of hydrogen-bond donors (Lipinski definition) is 1. The molecule has 2 amide bonds. The molecular weight excluding hydrogens is 318 g/mol. The van der Waals surface area contributed by atoms with Gasteiger partial charge in [-0.2, -0.15) is 0 Å². The average molecular weight is 337 g/mol. The van der Waals surface area contributed by atoms with Gasteiger partial charge in [-0.05, 0) is 19.3 Å². The van der Waals surface area contributed by atoms with Gasteiger partial charge in [0.2, 0.25) is 11.8 Å². The average Bonchev–Trinajstić information content (AvgIpc) is 3.16. The van der Waals surface area contributed by atoms with E-state index in [-0.39, 0.29) is 24.2 Å². The number of rotatable bonds is 4. The molecule has 8 heteroatoms. The minimum Gasteiger partial charge on any atom is -0.481 e. The monoisotopic (exact) mass is 337 g/mol. The first kappa shape index (κ1) is 15.9. The Morgan fingerprint density at radius 3 is 2.65 bits per heavy atom. The fourth-order valence-electron chi connectivity index (χ4n) is 2.99. The van der Waals surface area contributed by atoms with E-state index >= 15 is 0 Å². The van der Waals surface area contributed by atoms with Gasteiger partial charge in [-0.15, -0.1) is 11.3 Å². The van der Waals surface area contributed by atoms with Crippen molar-refractivity contribution in [3.63, 3.8) is 0 Å². The molecule has 2 saturated heterocycles. The van der Waals surface area contributed by atoms with Gasteiger partial charge in [0, 0.05) is 31.4 Å². The minimum absolute atomic E-state index is 0.0292. The number of carboxylic acid groups (broad SMARTS) is 1. The summed E-state index contributed by atoms with van der Waals surface area (Å²) >= 11 is 1.39. The summed E-state index contributed by atoms with van der Waals surface area (Å²) in [6.45, 7) is 1.66. The van der Waals surface area contributed by atoms with Crippen LogP contribution in [0.25, 0.3) is 0 Å². The molecule has 1 aromatic rings. The van der Waals surface area contributed by atoms with Gasteiger partial charge in [0.25, 0.3) is 0 Å². The fraction of sp³-hybridized carbons (Fsp3) is 0.600. The first-order valence-electron chi connectivity index (χ1n) is 7.80. The van der Waals surface area contributed by atoms with Crippen molar-refractivity contribution in [1.82, 2.24) is 9.88 Å². The predicted molar refractivity (Wildman–Crippen MR) is 84.3 cm³/mol. The van der Waals surface area contributed by atoms with Crippen molar-refractivity contribution in [1.29, 1.82) is 0 Å². The lowest BCUT2D eigenvalue weighted by molar-refractivity contribution is -0.145. The Morgan fingerprint density at radius 1 is 1.30 bits per heavy atom. The molecule has 0 spiro atoms. The molecule has 0 aliphatic carbocycles. The molecule has 3 heterocycles. The zero-order chi connectivity index (χ0) is 16.4. The van der Waals surface area contributed by atoms with Crippen molar-refractivity contribution in [2.24, 2.45) is 5.92 Å². The standard InChI is InChI=1S/C15H19N3O4S/c19-12-2-1-5-18(12)15-16-11(9-23-15)8-13(20)17-6-3-10(4-7-17)14(21)22/h9-10H,1-8H2,(H,21,22). The summed E-state index contributed by atoms with van der Waals surface area (Å²) in [7, 11) is 0. The van der Waals surface area contributed by atoms with Gasteiger partial charge in [0.05, 0.1) is 18.0 Å². The van der Waals surface area contributed by atoms with E-state index in [9.17, 15) is 14.4 Å². The van der Waals surface area contributed by atoms with Crippen molar-refractivity contribution in [3.05, 3.63) is 11.1 Å². The number of carbonyl (C=O) groups is 3. The second-order valence-corrected chi connectivity index (χ2v) is 6.78. The Balaban J connectivity index is 1.55. The van der Waals surface area contributed by atoms with Crippen LogP contribution >= 0.6 is 11.3 Å². The van der Waals surface area contributed by atoms with E-state index in [1.807, 2.05) is 5.38 Å². The smallest absolute Gasteiger partial charge is 0.306 e. The molecule has 124 valence electrons. The number of anilines is 1. The van der Waals surface area contributed by atoms with E-state index < -0.39 is 5.97 Å². The summed E-state index contributed by atoms with van der Waals surface area (Å²) in [6.07, 6.45) is 2.63. The molecule has 0 bridgehead atoms. The number of hydrogen-bond acceptors (Lipinski definition) is 5. The molecule has 0 saturated carbocycles. The molecule has 7 nitrogen and oxygen atoms in total. The van der Waals surface area contributed by atoms with Crippen molar-refractivity contribution in [2.75, 3.05) is 24.5 Å². The first-order valence-corrected chi connectivity index (χ1v) is 8.68. The molecule has 0 unspecified atom stereocenters. The van der Waals surface area contributed by atoms with Gasteiger partial charge in [-0.1, -0.05) is 0 Å². The quantitative estimate of drug-likeness (QED) is 0.889. The molecule has 2 aliphatic rings. The molecule has 23 heavy (non-hydrogen) atoms. The van der Waals surface area contributed by atoms with E-state index in [1.165, 1.54) is 11.3 Å². The van der Waals surface area contributed by atoms with E-state index in [4.69, 9.17) is 5.11 Å². The zero-order valence-electron chi connectivity index (χ0n) is 12.7. The SMILES string of the molecule is O=C(O)C1CCN(C(=O)Cc2csc(N3CCCC3=O)n2)CC1. The number of aliphatic carboxylic acids is 1. The van der Waals surface area contributed by atoms with Crippen LogP contribution in [0.1, 0.15) is 31.4 Å². The van der Waals surface area contributed by atoms with Crippen LogP contribution in [0.2, 0.25) is 0 Å². The molecule has 0 aromatic carbocycles. The van der Waals surface area contributed by atoms with Crippen LogP contribution in [0.4, 0.5) is 5.13 Å². The van der Waals surface area contributed by atoms with Gasteiger partial charge >= 0.3 is 5.97 Å². The highest BCUT2D eigenvalue weighted by molar-refractivity contribution is 7.14. The lowest BCUT2D eigenvalue weighted by Crippen LogP contribution is -2.41. The molecular formula is C15H19N3O4S. The number of piperidine rings is 1. The largest absolute Gasteiger partial charge is 0.481 e. The van der Waals surface area contributed by atoms with Gasteiger partial charge in [-0.3, -0.25) is 19.3 Å². The summed E-state index contributed by atoms with van der Waals surface area (Å²) in [5, 5.41) is 11.5. The summed E-state index contributed by atoms with van der Waals surface area (Å²) in [5.41, 5.74) is 0.676. The second kappa shape index (κ2) is 6.66. The minimum atomic E-state index is -0.781. The normalized spacial score (nSPS) is 19.4. The molecule has 2 fully saturated rings. The van der Waals surface area contributed by atoms with Crippen LogP contribution in [0.15, 0.2) is 5.38 Å². The van der Waals surface area contributed by atoms with E-state index in [0.717, 1.165) is 6.42 Å². The van der Waals surface area contributed by atoms with Gasteiger partial charge < -0.3 is 10.0 Å². The number of nitrogens with zero attached hydrogens (tertiary/aromatic N) is 3. The molecule has 2 aliphatic heterocycles. The third-order valence-corrected chi connectivity index (χ3v) is 5.29. The van der Waals surface area contributed by atoms with Crippen LogP contribution < -0.4 is 4.90 Å². The summed E-state index contributed by atoms with van der Waals surface area (Å²) in [6, 6.07) is 0. The fourth-order valence-corrected chi connectivity index (χ4v) is 3.86. The number of amides is 2. The number of carboxylic acids is 1. The molecule has 1 aromatic heterocycles. The van der Waals surface area contributed by atoms with E-state index in [2.05, 4.69) is 4.98 Å². The Kier molecular flexibility index (Phi) is 4.61. The summed E-state index contributed by atoms with van der Waals surface area (Å²) in [5.74, 6) is -1.06. The summed E-state index contributed by atoms with van der Waals surface area (Å²) < 4.78 is 0. The number of thiazole rings is 1. The Labute approximate surface area is 137 Å². The second-order valence-electron chi connectivity index (χ2n) is 5.94. The van der Waals surface area contributed by atoms with Gasteiger partial charge in [0.15, 0.2) is 5.13 Å². The molecule has 1 N–H and O–H groups in total. The maximum atomic E-state index is 12.3. The van der Waals surface area contributed by atoms with Crippen molar-refractivity contribution < 1.29 is 19.5 Å². The third kappa shape index (κ3) is 3.52. The Morgan fingerprint density at radius 2 is 2.04 bits per heavy atom. The zero-order valence-corrected chi connectivity index (χ0v) is 13.5. The van der Waals surface area contributed by atoms with Crippen molar-refractivity contribution in [2.45, 2.75) is 32.1 Å². The molecule has 3 rings (SSSR count). The lowest BCUT2D eigenvalue weighted by atomic mass is 9.97. The topological polar surface area (TPSA) is 90.8 Å². The van der Waals surface area contributed by atoms with Crippen molar-refractivity contribution in [3.8, 4) is 0 Å². The lowest BCUT2D eigenvalue weighted by Gasteiger charge is -2.30. The highest BCUT2D eigenvalue weighted by Gasteiger charge is 2.28. The van der Waals surface area contributed by atoms with E-state index in [0.29, 0.717) is 49.7 Å². The van der Waals surface area contributed by atoms with Crippen LogP contribution in [0.3, 0.4) is 0 Å². The summed E-state index contributed by atoms with van der Waals surface area (Å²) in [4.78, 5) is 42.7. The van der Waals surface area contributed by atoms with Gasteiger partial charge in [-0.25, -0.2) is 4.98 Å². The number of carbonyl (C=O) groups excluding carboxylic acids is 2. The van der Waals surface area contributed by atoms with Crippen LogP contribution in [0.5, 0.6) is 0 Å². The van der Waals surface area contributed by atoms with Crippen molar-refractivity contribution >= 4 is 34.3 Å². The molecule has 0 atom stereocenters. The Hall–Kier alpha value is -1.96. The van der Waals surface area contributed by atoms with Crippen LogP contribution in [-0.4, -0.2) is 52.4 Å². The number of likely N-dealkylation sites (tertiary alicyclic amines) is 1. The van der Waals surface area contributed by atoms with Crippen LogP contribution in [-0.2, 0) is 20.8 Å². The maximum Gasteiger partial charge on any atom is 0.306 e. The first-order chi connectivity index (χ1) is 11.0. The Bertz CT molecular complexity index is 622. The number of aromatic nitrogens is 1. The predicted octanol–water partition coefficient (Wildman–Crippen LogP) is 1.14. The maximum absolute atomic E-state index is 12.3. The van der Waals surface area contributed by atoms with Gasteiger partial charge in [0.1, 0.15) is 0 Å². The molecule has 0 radical (unpaired) electrons. The highest BCUT2D eigenvalue weighted by atomic mass is 32.1. The third-order valence-electron chi connectivity index (χ3n) is 4.37.